The zero-order valence-corrected chi connectivity index (χ0v) is 18.7. The smallest absolute Gasteiger partial charge is 0.246 e. The van der Waals surface area contributed by atoms with Crippen LogP contribution < -0.4 is 9.47 Å². The molecule has 0 unspecified atom stereocenters. The third-order valence-electron chi connectivity index (χ3n) is 4.96. The Balaban J connectivity index is 1.68. The molecule has 0 bridgehead atoms. The summed E-state index contributed by atoms with van der Waals surface area (Å²) in [5.41, 5.74) is 1.85. The van der Waals surface area contributed by atoms with E-state index in [0.29, 0.717) is 12.4 Å². The summed E-state index contributed by atoms with van der Waals surface area (Å²) < 4.78 is 12.3. The number of unbranched alkanes of at least 4 members (excludes halogenated alkanes) is 1. The van der Waals surface area contributed by atoms with E-state index >= 15 is 0 Å². The fourth-order valence-electron chi connectivity index (χ4n) is 2.94. The largest absolute Gasteiger partial charge is 0.493 e. The van der Waals surface area contributed by atoms with E-state index in [4.69, 9.17) is 9.47 Å². The van der Waals surface area contributed by atoms with Gasteiger partial charge in [-0.1, -0.05) is 31.5 Å². The second-order valence-electron chi connectivity index (χ2n) is 7.09. The maximum atomic E-state index is 12.7. The van der Waals surface area contributed by atoms with Crippen molar-refractivity contribution in [2.45, 2.75) is 32.7 Å². The number of thiazole rings is 1. The molecule has 5 nitrogen and oxygen atoms in total. The molecular formula is C24H28N2O3S. The molecule has 3 rings (SSSR count). The first-order valence-corrected chi connectivity index (χ1v) is 11.0. The molecule has 0 fully saturated rings. The Bertz CT molecular complexity index is 995. The second-order valence-corrected chi connectivity index (χ2v) is 8.15. The zero-order valence-electron chi connectivity index (χ0n) is 17.9. The quantitative estimate of drug-likeness (QED) is 0.326. The highest BCUT2D eigenvalue weighted by Crippen LogP contribution is 2.30. The molecule has 0 aliphatic rings. The Morgan fingerprint density at radius 1 is 1.23 bits per heavy atom. The van der Waals surface area contributed by atoms with Crippen molar-refractivity contribution in [3.05, 3.63) is 59.1 Å². The lowest BCUT2D eigenvalue weighted by Gasteiger charge is -2.21. The minimum Gasteiger partial charge on any atom is -0.493 e. The number of hydrogen-bond acceptors (Lipinski definition) is 5. The van der Waals surface area contributed by atoms with E-state index < -0.39 is 0 Å². The van der Waals surface area contributed by atoms with Crippen LogP contribution in [0.3, 0.4) is 0 Å². The number of ether oxygens (including phenoxy) is 2. The van der Waals surface area contributed by atoms with Gasteiger partial charge in [0.2, 0.25) is 5.91 Å². The number of rotatable bonds is 9. The first-order chi connectivity index (χ1) is 14.5. The number of benzene rings is 2. The topological polar surface area (TPSA) is 51.7 Å². The van der Waals surface area contributed by atoms with Crippen LogP contribution in [0.1, 0.15) is 43.3 Å². The first-order valence-electron chi connectivity index (χ1n) is 10.1. The summed E-state index contributed by atoms with van der Waals surface area (Å²) in [7, 11) is 3.42. The van der Waals surface area contributed by atoms with Crippen LogP contribution in [0, 0.1) is 0 Å². The molecule has 0 aliphatic carbocycles. The number of hydrogen-bond donors (Lipinski definition) is 0. The molecule has 0 aliphatic heterocycles. The minimum atomic E-state index is -0.108. The third kappa shape index (κ3) is 5.19. The highest BCUT2D eigenvalue weighted by Gasteiger charge is 2.19. The van der Waals surface area contributed by atoms with Crippen molar-refractivity contribution in [3.63, 3.8) is 0 Å². The molecule has 1 heterocycles. The van der Waals surface area contributed by atoms with Gasteiger partial charge in [0.05, 0.1) is 30.0 Å². The number of aromatic nitrogens is 1. The maximum Gasteiger partial charge on any atom is 0.246 e. The van der Waals surface area contributed by atoms with Crippen LogP contribution in [0.15, 0.2) is 48.5 Å². The molecule has 1 atom stereocenters. The van der Waals surface area contributed by atoms with Gasteiger partial charge in [0.1, 0.15) is 5.01 Å². The monoisotopic (exact) mass is 424 g/mol. The van der Waals surface area contributed by atoms with E-state index in [0.717, 1.165) is 39.4 Å². The van der Waals surface area contributed by atoms with Gasteiger partial charge < -0.3 is 14.4 Å². The Labute approximate surface area is 182 Å². The Morgan fingerprint density at radius 2 is 2.03 bits per heavy atom. The van der Waals surface area contributed by atoms with E-state index in [1.165, 1.54) is 0 Å². The van der Waals surface area contributed by atoms with Crippen molar-refractivity contribution in [3.8, 4) is 11.5 Å². The minimum absolute atomic E-state index is 0.0796. The van der Waals surface area contributed by atoms with Crippen LogP contribution in [0.25, 0.3) is 16.3 Å². The van der Waals surface area contributed by atoms with E-state index in [-0.39, 0.29) is 11.9 Å². The van der Waals surface area contributed by atoms with Crippen LogP contribution in [-0.4, -0.2) is 36.6 Å². The van der Waals surface area contributed by atoms with Gasteiger partial charge in [-0.15, -0.1) is 11.3 Å². The van der Waals surface area contributed by atoms with E-state index in [2.05, 4.69) is 11.9 Å². The predicted molar refractivity (Wildman–Crippen MR) is 123 cm³/mol. The molecule has 0 saturated carbocycles. The first kappa shape index (κ1) is 21.8. The lowest BCUT2D eigenvalue weighted by Crippen LogP contribution is -2.27. The Morgan fingerprint density at radius 3 is 2.77 bits per heavy atom. The Hall–Kier alpha value is -2.86. The summed E-state index contributed by atoms with van der Waals surface area (Å²) in [5, 5.41) is 0.927. The summed E-state index contributed by atoms with van der Waals surface area (Å²) >= 11 is 1.62. The SMILES string of the molecule is CCCCOc1ccc(/C=C/C(=O)N(C)[C@@H](C)c2nc3ccccc3s2)cc1OC. The number of nitrogens with zero attached hydrogens (tertiary/aromatic N) is 2. The number of para-hydroxylation sites is 1. The van der Waals surface area contributed by atoms with E-state index in [1.807, 2.05) is 49.4 Å². The molecule has 158 valence electrons. The zero-order chi connectivity index (χ0) is 21.5. The highest BCUT2D eigenvalue weighted by atomic mass is 32.1. The predicted octanol–water partition coefficient (Wildman–Crippen LogP) is 5.72. The molecule has 30 heavy (non-hydrogen) atoms. The number of likely N-dealkylation sites (N-methyl/N-ethyl adjacent to an activating group) is 1. The fourth-order valence-corrected chi connectivity index (χ4v) is 4.01. The van der Waals surface area contributed by atoms with Gasteiger partial charge in [-0.25, -0.2) is 4.98 Å². The number of methoxy groups -OCH3 is 1. The van der Waals surface area contributed by atoms with Crippen molar-refractivity contribution < 1.29 is 14.3 Å². The van der Waals surface area contributed by atoms with Crippen molar-refractivity contribution in [1.82, 2.24) is 9.88 Å². The number of carbonyl (C=O) groups is 1. The summed E-state index contributed by atoms with van der Waals surface area (Å²) in [4.78, 5) is 19.1. The fraction of sp³-hybridized carbons (Fsp3) is 0.333. The summed E-state index contributed by atoms with van der Waals surface area (Å²) in [6.45, 7) is 4.78. The molecule has 0 spiro atoms. The van der Waals surface area contributed by atoms with Crippen molar-refractivity contribution >= 4 is 33.5 Å². The maximum absolute atomic E-state index is 12.7. The third-order valence-corrected chi connectivity index (χ3v) is 6.16. The highest BCUT2D eigenvalue weighted by molar-refractivity contribution is 7.18. The molecule has 3 aromatic rings. The summed E-state index contributed by atoms with van der Waals surface area (Å²) in [6, 6.07) is 13.6. The lowest BCUT2D eigenvalue weighted by atomic mass is 10.1. The summed E-state index contributed by atoms with van der Waals surface area (Å²) in [5.74, 6) is 1.30. The van der Waals surface area contributed by atoms with Gasteiger partial charge in [0.25, 0.3) is 0 Å². The van der Waals surface area contributed by atoms with Gasteiger partial charge in [0, 0.05) is 13.1 Å². The Kier molecular flexibility index (Phi) is 7.46. The molecule has 2 aromatic carbocycles. The van der Waals surface area contributed by atoms with Gasteiger partial charge >= 0.3 is 0 Å². The average Bonchev–Trinajstić information content (AvgIpc) is 3.21. The summed E-state index contributed by atoms with van der Waals surface area (Å²) in [6.07, 6.45) is 5.45. The van der Waals surface area contributed by atoms with E-state index in [9.17, 15) is 4.79 Å². The molecule has 1 aromatic heterocycles. The molecule has 0 radical (unpaired) electrons. The van der Waals surface area contributed by atoms with Gasteiger partial charge in [-0.05, 0) is 49.2 Å². The molecule has 0 saturated heterocycles. The van der Waals surface area contributed by atoms with Crippen LogP contribution in [0.4, 0.5) is 0 Å². The lowest BCUT2D eigenvalue weighted by molar-refractivity contribution is -0.126. The van der Waals surface area contributed by atoms with Gasteiger partial charge in [-0.2, -0.15) is 0 Å². The average molecular weight is 425 g/mol. The van der Waals surface area contributed by atoms with Crippen LogP contribution in [0.5, 0.6) is 11.5 Å². The normalized spacial score (nSPS) is 12.3. The van der Waals surface area contributed by atoms with Crippen LogP contribution in [0.2, 0.25) is 0 Å². The van der Waals surface area contributed by atoms with E-state index in [1.54, 1.807) is 42.5 Å². The van der Waals surface area contributed by atoms with Gasteiger partial charge in [-0.3, -0.25) is 4.79 Å². The second kappa shape index (κ2) is 10.3. The standard InChI is InChI=1S/C24H28N2O3S/c1-5-6-15-29-20-13-11-18(16-21(20)28-4)12-14-23(27)26(3)17(2)24-25-19-9-7-8-10-22(19)30-24/h7-14,16-17H,5-6,15H2,1-4H3/b14-12+/t17-/m0/s1. The van der Waals surface area contributed by atoms with Crippen molar-refractivity contribution in [1.29, 1.82) is 0 Å². The van der Waals surface area contributed by atoms with Crippen molar-refractivity contribution in [2.24, 2.45) is 0 Å². The molecular weight excluding hydrogens is 396 g/mol. The van der Waals surface area contributed by atoms with Crippen molar-refractivity contribution in [2.75, 3.05) is 20.8 Å². The van der Waals surface area contributed by atoms with Crippen LogP contribution in [-0.2, 0) is 4.79 Å². The van der Waals surface area contributed by atoms with Crippen LogP contribution >= 0.6 is 11.3 Å². The number of fused-ring (bicyclic) bond motifs is 1. The number of amides is 1. The molecule has 1 amide bonds. The molecule has 0 N–H and O–H groups in total. The van der Waals surface area contributed by atoms with Gasteiger partial charge in [0.15, 0.2) is 11.5 Å². The molecule has 6 heteroatoms. The number of carbonyl (C=O) groups excluding carboxylic acids is 1.